The molecule has 6 heteroatoms. The van der Waals surface area contributed by atoms with Gasteiger partial charge in [0.25, 0.3) is 0 Å². The number of benzene rings is 2. The Hall–Kier alpha value is -3.41. The summed E-state index contributed by atoms with van der Waals surface area (Å²) in [6, 6.07) is 18.5. The van der Waals surface area contributed by atoms with Gasteiger partial charge in [0.2, 0.25) is 11.8 Å². The summed E-state index contributed by atoms with van der Waals surface area (Å²) >= 11 is 0. The minimum Gasteiger partial charge on any atom is -0.340 e. The molecule has 2 aromatic carbocycles. The molecule has 1 atom stereocenters. The van der Waals surface area contributed by atoms with Crippen LogP contribution < -0.4 is 5.32 Å². The van der Waals surface area contributed by atoms with Crippen molar-refractivity contribution in [3.05, 3.63) is 72.6 Å². The van der Waals surface area contributed by atoms with Crippen molar-refractivity contribution in [1.82, 2.24) is 14.7 Å². The first-order chi connectivity index (χ1) is 14.1. The van der Waals surface area contributed by atoms with E-state index in [2.05, 4.69) is 34.7 Å². The van der Waals surface area contributed by atoms with Gasteiger partial charge in [-0.15, -0.1) is 0 Å². The van der Waals surface area contributed by atoms with E-state index in [0.29, 0.717) is 18.7 Å². The van der Waals surface area contributed by atoms with Crippen LogP contribution in [0.1, 0.15) is 24.9 Å². The Bertz CT molecular complexity index is 995. The number of anilines is 1. The van der Waals surface area contributed by atoms with Gasteiger partial charge in [-0.3, -0.25) is 14.3 Å². The maximum atomic E-state index is 12.7. The third-order valence-corrected chi connectivity index (χ3v) is 5.23. The van der Waals surface area contributed by atoms with Gasteiger partial charge in [0.1, 0.15) is 0 Å². The average molecular weight is 388 g/mol. The molecule has 6 nitrogen and oxygen atoms in total. The van der Waals surface area contributed by atoms with Crippen LogP contribution in [0.3, 0.4) is 0 Å². The Kier molecular flexibility index (Phi) is 5.42. The van der Waals surface area contributed by atoms with E-state index in [1.807, 2.05) is 46.1 Å². The van der Waals surface area contributed by atoms with Gasteiger partial charge >= 0.3 is 0 Å². The summed E-state index contributed by atoms with van der Waals surface area (Å²) in [6.07, 6.45) is 4.72. The van der Waals surface area contributed by atoms with Crippen molar-refractivity contribution in [3.63, 3.8) is 0 Å². The van der Waals surface area contributed by atoms with Crippen molar-refractivity contribution in [3.8, 4) is 11.1 Å². The summed E-state index contributed by atoms with van der Waals surface area (Å²) in [5.74, 6) is 0.0141. The van der Waals surface area contributed by atoms with E-state index in [0.717, 1.165) is 24.1 Å². The molecule has 29 heavy (non-hydrogen) atoms. The van der Waals surface area contributed by atoms with Crippen molar-refractivity contribution in [1.29, 1.82) is 0 Å². The zero-order chi connectivity index (χ0) is 20.2. The van der Waals surface area contributed by atoms with Crippen LogP contribution in [-0.2, 0) is 16.0 Å². The van der Waals surface area contributed by atoms with Crippen molar-refractivity contribution in [2.24, 2.45) is 0 Å². The zero-order valence-electron chi connectivity index (χ0n) is 16.4. The highest BCUT2D eigenvalue weighted by molar-refractivity contribution is 5.88. The molecule has 1 N–H and O–H groups in total. The number of rotatable bonds is 5. The van der Waals surface area contributed by atoms with Gasteiger partial charge in [-0.1, -0.05) is 54.6 Å². The van der Waals surface area contributed by atoms with Gasteiger partial charge in [-0.2, -0.15) is 5.10 Å². The molecule has 1 unspecified atom stereocenters. The van der Waals surface area contributed by atoms with E-state index in [4.69, 9.17) is 0 Å². The van der Waals surface area contributed by atoms with Crippen LogP contribution in [0.15, 0.2) is 67.0 Å². The maximum Gasteiger partial charge on any atom is 0.227 e. The lowest BCUT2D eigenvalue weighted by Crippen LogP contribution is -2.30. The molecule has 0 bridgehead atoms. The quantitative estimate of drug-likeness (QED) is 0.727. The van der Waals surface area contributed by atoms with E-state index >= 15 is 0 Å². The molecular formula is C23H24N4O2. The Morgan fingerprint density at radius 1 is 1.07 bits per heavy atom. The number of aromatic nitrogens is 2. The standard InChI is InChI=1S/C23H24N4O2/c1-17(28)25-21-14-24-27(15-21)22-11-12-26(16-22)23(29)13-18-7-9-20(10-8-18)19-5-3-2-4-6-19/h2-10,14-15,22H,11-13,16H2,1H3,(H,25,28). The van der Waals surface area contributed by atoms with Crippen molar-refractivity contribution in [2.45, 2.75) is 25.8 Å². The molecule has 1 saturated heterocycles. The van der Waals surface area contributed by atoms with E-state index < -0.39 is 0 Å². The Morgan fingerprint density at radius 3 is 2.52 bits per heavy atom. The molecule has 1 aliphatic heterocycles. The third-order valence-electron chi connectivity index (χ3n) is 5.23. The fourth-order valence-corrected chi connectivity index (χ4v) is 3.72. The van der Waals surface area contributed by atoms with Gasteiger partial charge in [0, 0.05) is 26.2 Å². The molecule has 0 aliphatic carbocycles. The monoisotopic (exact) mass is 388 g/mol. The van der Waals surface area contributed by atoms with Crippen LogP contribution in [0.25, 0.3) is 11.1 Å². The van der Waals surface area contributed by atoms with E-state index in [1.54, 1.807) is 6.20 Å². The van der Waals surface area contributed by atoms with Gasteiger partial charge in [-0.05, 0) is 23.1 Å². The smallest absolute Gasteiger partial charge is 0.227 e. The Morgan fingerprint density at radius 2 is 1.79 bits per heavy atom. The molecule has 148 valence electrons. The highest BCUT2D eigenvalue weighted by Crippen LogP contribution is 2.24. The Labute approximate surface area is 170 Å². The predicted molar refractivity (Wildman–Crippen MR) is 112 cm³/mol. The van der Waals surface area contributed by atoms with Crippen molar-refractivity contribution in [2.75, 3.05) is 18.4 Å². The molecule has 1 aliphatic rings. The zero-order valence-corrected chi connectivity index (χ0v) is 16.4. The highest BCUT2D eigenvalue weighted by atomic mass is 16.2. The first-order valence-electron chi connectivity index (χ1n) is 9.82. The maximum absolute atomic E-state index is 12.7. The number of nitrogens with one attached hydrogen (secondary N) is 1. The van der Waals surface area contributed by atoms with E-state index in [-0.39, 0.29) is 17.9 Å². The number of amides is 2. The molecule has 1 fully saturated rings. The molecule has 2 heterocycles. The first-order valence-corrected chi connectivity index (χ1v) is 9.82. The molecule has 1 aromatic heterocycles. The summed E-state index contributed by atoms with van der Waals surface area (Å²) < 4.78 is 1.84. The number of hydrogen-bond acceptors (Lipinski definition) is 3. The molecule has 2 amide bonds. The lowest BCUT2D eigenvalue weighted by Gasteiger charge is -2.17. The number of carbonyl (C=O) groups excluding carboxylic acids is 2. The summed E-state index contributed by atoms with van der Waals surface area (Å²) in [7, 11) is 0. The summed E-state index contributed by atoms with van der Waals surface area (Å²) in [5.41, 5.74) is 4.02. The fraction of sp³-hybridized carbons (Fsp3) is 0.261. The number of carbonyl (C=O) groups is 2. The number of nitrogens with zero attached hydrogens (tertiary/aromatic N) is 3. The van der Waals surface area contributed by atoms with Gasteiger partial charge in [-0.25, -0.2) is 0 Å². The number of hydrogen-bond donors (Lipinski definition) is 1. The van der Waals surface area contributed by atoms with Crippen LogP contribution in [0, 0.1) is 0 Å². The second kappa shape index (κ2) is 8.31. The number of likely N-dealkylation sites (tertiary alicyclic amines) is 1. The van der Waals surface area contributed by atoms with Crippen LogP contribution >= 0.6 is 0 Å². The van der Waals surface area contributed by atoms with Gasteiger partial charge in [0.15, 0.2) is 0 Å². The second-order valence-electron chi connectivity index (χ2n) is 7.41. The molecule has 3 aromatic rings. The molecular weight excluding hydrogens is 364 g/mol. The van der Waals surface area contributed by atoms with Crippen molar-refractivity contribution >= 4 is 17.5 Å². The summed E-state index contributed by atoms with van der Waals surface area (Å²) in [5, 5.41) is 7.06. The SMILES string of the molecule is CC(=O)Nc1cnn(C2CCN(C(=O)Cc3ccc(-c4ccccc4)cc3)C2)c1. The Balaban J connectivity index is 1.34. The van der Waals surface area contributed by atoms with E-state index in [1.165, 1.54) is 12.5 Å². The normalized spacial score (nSPS) is 16.0. The minimum absolute atomic E-state index is 0.119. The molecule has 4 rings (SSSR count). The highest BCUT2D eigenvalue weighted by Gasteiger charge is 2.27. The fourth-order valence-electron chi connectivity index (χ4n) is 3.72. The third kappa shape index (κ3) is 4.54. The van der Waals surface area contributed by atoms with Crippen LogP contribution in [0.5, 0.6) is 0 Å². The lowest BCUT2D eigenvalue weighted by molar-refractivity contribution is -0.129. The summed E-state index contributed by atoms with van der Waals surface area (Å²) in [4.78, 5) is 25.8. The largest absolute Gasteiger partial charge is 0.340 e. The molecule has 0 radical (unpaired) electrons. The van der Waals surface area contributed by atoms with Crippen LogP contribution in [-0.4, -0.2) is 39.6 Å². The lowest BCUT2D eigenvalue weighted by atomic mass is 10.0. The van der Waals surface area contributed by atoms with Crippen LogP contribution in [0.2, 0.25) is 0 Å². The second-order valence-corrected chi connectivity index (χ2v) is 7.41. The van der Waals surface area contributed by atoms with Gasteiger partial charge in [0.05, 0.1) is 24.3 Å². The molecule has 0 saturated carbocycles. The predicted octanol–water partition coefficient (Wildman–Crippen LogP) is 3.52. The first kappa shape index (κ1) is 18.9. The summed E-state index contributed by atoms with van der Waals surface area (Å²) in [6.45, 7) is 2.84. The minimum atomic E-state index is -0.119. The van der Waals surface area contributed by atoms with Crippen LogP contribution in [0.4, 0.5) is 5.69 Å². The average Bonchev–Trinajstić information content (AvgIpc) is 3.38. The van der Waals surface area contributed by atoms with E-state index in [9.17, 15) is 9.59 Å². The topological polar surface area (TPSA) is 67.2 Å². The van der Waals surface area contributed by atoms with Gasteiger partial charge < -0.3 is 10.2 Å². The van der Waals surface area contributed by atoms with Crippen molar-refractivity contribution < 1.29 is 9.59 Å². The molecule has 0 spiro atoms.